The first-order valence-corrected chi connectivity index (χ1v) is 9.52. The van der Waals surface area contributed by atoms with Crippen LogP contribution in [0.5, 0.6) is 0 Å². The third-order valence-electron chi connectivity index (χ3n) is 5.34. The molecule has 2 fully saturated rings. The average Bonchev–Trinajstić information content (AvgIpc) is 3.24. The molecular weight excluding hydrogens is 363 g/mol. The van der Waals surface area contributed by atoms with Crippen molar-refractivity contribution in [3.8, 4) is 11.3 Å². The molecule has 0 spiro atoms. The van der Waals surface area contributed by atoms with E-state index in [4.69, 9.17) is 4.74 Å². The molecule has 1 aromatic carbocycles. The Kier molecular flexibility index (Phi) is 5.13. The number of alkyl halides is 1. The number of ether oxygens (including phenoxy) is 1. The van der Waals surface area contributed by atoms with Gasteiger partial charge >= 0.3 is 0 Å². The minimum absolute atomic E-state index is 0.129. The number of amides is 2. The Bertz CT molecular complexity index is 850. The van der Waals surface area contributed by atoms with Crippen LogP contribution in [0.25, 0.3) is 11.3 Å². The first kappa shape index (κ1) is 18.6. The first-order valence-electron chi connectivity index (χ1n) is 9.52. The molecule has 1 atom stereocenters. The van der Waals surface area contributed by atoms with E-state index in [1.54, 1.807) is 0 Å². The molecule has 7 nitrogen and oxygen atoms in total. The molecule has 2 amide bonds. The zero-order valence-electron chi connectivity index (χ0n) is 15.6. The zero-order valence-corrected chi connectivity index (χ0v) is 15.6. The van der Waals surface area contributed by atoms with Crippen molar-refractivity contribution >= 4 is 11.8 Å². The van der Waals surface area contributed by atoms with Crippen LogP contribution in [0.4, 0.5) is 4.39 Å². The van der Waals surface area contributed by atoms with E-state index < -0.39 is 11.6 Å². The first-order chi connectivity index (χ1) is 13.6. The molecule has 1 aromatic heterocycles. The Labute approximate surface area is 162 Å². The molecule has 1 N–H and O–H groups in total. The highest BCUT2D eigenvalue weighted by Crippen LogP contribution is 2.30. The maximum atomic E-state index is 15.6. The number of likely N-dealkylation sites (tertiary alicyclic amines) is 1. The summed E-state index contributed by atoms with van der Waals surface area (Å²) in [4.78, 5) is 28.8. The lowest BCUT2D eigenvalue weighted by Gasteiger charge is -2.39. The van der Waals surface area contributed by atoms with Gasteiger partial charge in [0.2, 0.25) is 5.67 Å². The zero-order chi connectivity index (χ0) is 19.6. The van der Waals surface area contributed by atoms with Crippen molar-refractivity contribution in [2.24, 2.45) is 0 Å². The Balaban J connectivity index is 1.53. The predicted octanol–water partition coefficient (Wildman–Crippen LogP) is 1.88. The summed E-state index contributed by atoms with van der Waals surface area (Å²) in [6.07, 6.45) is 2.03. The SMILES string of the molecule is O=C(c1cn[nH]c1-c1ccccc1)N1CCCC(F)(C(=O)N2CCOCC2)C1. The van der Waals surface area contributed by atoms with E-state index in [2.05, 4.69) is 10.2 Å². The van der Waals surface area contributed by atoms with Crippen LogP contribution < -0.4 is 0 Å². The fourth-order valence-corrected chi connectivity index (χ4v) is 3.85. The number of piperidine rings is 1. The lowest BCUT2D eigenvalue weighted by Crippen LogP contribution is -2.58. The Morgan fingerprint density at radius 2 is 1.86 bits per heavy atom. The highest BCUT2D eigenvalue weighted by atomic mass is 19.1. The van der Waals surface area contributed by atoms with Gasteiger partial charge < -0.3 is 14.5 Å². The fourth-order valence-electron chi connectivity index (χ4n) is 3.85. The fraction of sp³-hybridized carbons (Fsp3) is 0.450. The molecule has 2 aliphatic rings. The van der Waals surface area contributed by atoms with Gasteiger partial charge in [0.1, 0.15) is 0 Å². The number of nitrogens with zero attached hydrogens (tertiary/aromatic N) is 3. The van der Waals surface area contributed by atoms with Gasteiger partial charge in [-0.25, -0.2) is 4.39 Å². The maximum absolute atomic E-state index is 15.6. The normalized spacial score (nSPS) is 22.9. The summed E-state index contributed by atoms with van der Waals surface area (Å²) in [6.45, 7) is 1.79. The Morgan fingerprint density at radius 1 is 1.11 bits per heavy atom. The lowest BCUT2D eigenvalue weighted by molar-refractivity contribution is -0.151. The number of halogens is 1. The molecule has 2 aromatic rings. The van der Waals surface area contributed by atoms with Crippen LogP contribution >= 0.6 is 0 Å². The smallest absolute Gasteiger partial charge is 0.262 e. The van der Waals surface area contributed by atoms with Gasteiger partial charge in [-0.05, 0) is 12.8 Å². The molecule has 2 aliphatic heterocycles. The topological polar surface area (TPSA) is 78.5 Å². The van der Waals surface area contributed by atoms with E-state index in [-0.39, 0.29) is 18.9 Å². The number of aromatic amines is 1. The summed E-state index contributed by atoms with van der Waals surface area (Å²) in [5.41, 5.74) is -0.243. The van der Waals surface area contributed by atoms with Crippen molar-refractivity contribution in [3.63, 3.8) is 0 Å². The maximum Gasteiger partial charge on any atom is 0.262 e. The number of carbonyl (C=O) groups is 2. The van der Waals surface area contributed by atoms with Crippen molar-refractivity contribution in [3.05, 3.63) is 42.1 Å². The van der Waals surface area contributed by atoms with Gasteiger partial charge in [-0.15, -0.1) is 0 Å². The van der Waals surface area contributed by atoms with Crippen LogP contribution in [0.2, 0.25) is 0 Å². The number of benzene rings is 1. The minimum Gasteiger partial charge on any atom is -0.378 e. The van der Waals surface area contributed by atoms with Gasteiger partial charge in [0.25, 0.3) is 11.8 Å². The van der Waals surface area contributed by atoms with E-state index in [1.165, 1.54) is 16.0 Å². The van der Waals surface area contributed by atoms with Crippen LogP contribution in [0.15, 0.2) is 36.5 Å². The molecule has 148 valence electrons. The number of aromatic nitrogens is 2. The molecule has 2 saturated heterocycles. The molecule has 1 unspecified atom stereocenters. The Morgan fingerprint density at radius 3 is 2.61 bits per heavy atom. The summed E-state index contributed by atoms with van der Waals surface area (Å²) in [6, 6.07) is 9.39. The van der Waals surface area contributed by atoms with Gasteiger partial charge in [-0.3, -0.25) is 14.7 Å². The molecule has 4 rings (SSSR count). The molecule has 0 aliphatic carbocycles. The van der Waals surface area contributed by atoms with E-state index in [1.807, 2.05) is 30.3 Å². The highest BCUT2D eigenvalue weighted by molar-refractivity contribution is 6.00. The highest BCUT2D eigenvalue weighted by Gasteiger charge is 2.46. The van der Waals surface area contributed by atoms with E-state index in [0.717, 1.165) is 5.56 Å². The number of H-pyrrole nitrogens is 1. The molecule has 0 saturated carbocycles. The van der Waals surface area contributed by atoms with Crippen molar-refractivity contribution in [1.29, 1.82) is 0 Å². The molecule has 0 radical (unpaired) electrons. The third kappa shape index (κ3) is 3.52. The van der Waals surface area contributed by atoms with Crippen LogP contribution in [0, 0.1) is 0 Å². The number of nitrogens with one attached hydrogen (secondary N) is 1. The van der Waals surface area contributed by atoms with Crippen molar-refractivity contribution in [1.82, 2.24) is 20.0 Å². The van der Waals surface area contributed by atoms with Crippen molar-refractivity contribution < 1.29 is 18.7 Å². The molecule has 3 heterocycles. The summed E-state index contributed by atoms with van der Waals surface area (Å²) < 4.78 is 20.8. The number of morpholine rings is 1. The average molecular weight is 386 g/mol. The minimum atomic E-state index is -2.05. The van der Waals surface area contributed by atoms with Gasteiger partial charge in [-0.1, -0.05) is 30.3 Å². The monoisotopic (exact) mass is 386 g/mol. The third-order valence-corrected chi connectivity index (χ3v) is 5.34. The van der Waals surface area contributed by atoms with Crippen molar-refractivity contribution in [2.45, 2.75) is 18.5 Å². The van der Waals surface area contributed by atoms with Gasteiger partial charge in [0.15, 0.2) is 0 Å². The van der Waals surface area contributed by atoms with E-state index in [9.17, 15) is 9.59 Å². The second-order valence-corrected chi connectivity index (χ2v) is 7.22. The van der Waals surface area contributed by atoms with E-state index in [0.29, 0.717) is 50.5 Å². The number of carbonyl (C=O) groups excluding carboxylic acids is 2. The molecular formula is C20H23FN4O3. The number of rotatable bonds is 3. The standard InChI is InChI=1S/C20H23FN4O3/c21-20(19(27)24-9-11-28-12-10-24)7-4-8-25(14-20)18(26)16-13-22-23-17(16)15-5-2-1-3-6-15/h1-3,5-6,13H,4,7-12,14H2,(H,22,23). The summed E-state index contributed by atoms with van der Waals surface area (Å²) in [5, 5.41) is 6.86. The van der Waals surface area contributed by atoms with Crippen LogP contribution in [0.1, 0.15) is 23.2 Å². The van der Waals surface area contributed by atoms with Crippen LogP contribution in [-0.2, 0) is 9.53 Å². The summed E-state index contributed by atoms with van der Waals surface area (Å²) >= 11 is 0. The molecule has 28 heavy (non-hydrogen) atoms. The van der Waals surface area contributed by atoms with Gasteiger partial charge in [0.05, 0.1) is 37.2 Å². The van der Waals surface area contributed by atoms with Gasteiger partial charge in [-0.2, -0.15) is 5.10 Å². The number of hydrogen-bond acceptors (Lipinski definition) is 4. The van der Waals surface area contributed by atoms with Crippen LogP contribution in [-0.4, -0.2) is 76.9 Å². The number of hydrogen-bond donors (Lipinski definition) is 1. The second-order valence-electron chi connectivity index (χ2n) is 7.22. The second kappa shape index (κ2) is 7.71. The summed E-state index contributed by atoms with van der Waals surface area (Å²) in [5.74, 6) is -0.854. The van der Waals surface area contributed by atoms with Crippen LogP contribution in [0.3, 0.4) is 0 Å². The molecule has 8 heteroatoms. The quantitative estimate of drug-likeness (QED) is 0.874. The van der Waals surface area contributed by atoms with Gasteiger partial charge in [0, 0.05) is 25.2 Å². The largest absolute Gasteiger partial charge is 0.378 e. The van der Waals surface area contributed by atoms with E-state index >= 15 is 4.39 Å². The summed E-state index contributed by atoms with van der Waals surface area (Å²) in [7, 11) is 0. The molecule has 0 bridgehead atoms. The Hall–Kier alpha value is -2.74. The van der Waals surface area contributed by atoms with Crippen molar-refractivity contribution in [2.75, 3.05) is 39.4 Å². The predicted molar refractivity (Wildman–Crippen MR) is 100 cm³/mol. The lowest BCUT2D eigenvalue weighted by atomic mass is 9.92.